The molecule has 0 saturated carbocycles. The van der Waals surface area contributed by atoms with Crippen molar-refractivity contribution in [1.82, 2.24) is 0 Å². The molecule has 1 N–H and O–H groups in total. The molecule has 3 aromatic carbocycles. The SMILES string of the molecule is CC1=C[C@@H]2N(c3ccccc31)[C@H](C(=O)c1cccs1)[C@H](C(=O)c1cccc([N+](=O)[O-])c1)[C@@]21C(=O)Nc2ccccc21. The van der Waals surface area contributed by atoms with Gasteiger partial charge in [-0.25, -0.2) is 0 Å². The van der Waals surface area contributed by atoms with Crippen molar-refractivity contribution >= 4 is 51.4 Å². The predicted molar refractivity (Wildman–Crippen MR) is 156 cm³/mol. The molecule has 1 spiro atoms. The Morgan fingerprint density at radius 3 is 2.54 bits per heavy atom. The summed E-state index contributed by atoms with van der Waals surface area (Å²) in [7, 11) is 0. The van der Waals surface area contributed by atoms with E-state index in [0.717, 1.165) is 16.8 Å². The van der Waals surface area contributed by atoms with Crippen LogP contribution in [0, 0.1) is 16.0 Å². The second kappa shape index (κ2) is 9.07. The van der Waals surface area contributed by atoms with E-state index >= 15 is 0 Å². The fourth-order valence-corrected chi connectivity index (χ4v) is 7.60. The number of allylic oxidation sites excluding steroid dienone is 1. The molecule has 1 saturated heterocycles. The smallest absolute Gasteiger partial charge is 0.270 e. The molecule has 0 bridgehead atoms. The summed E-state index contributed by atoms with van der Waals surface area (Å²) in [6.45, 7) is 1.97. The van der Waals surface area contributed by atoms with Crippen LogP contribution >= 0.6 is 11.3 Å². The highest BCUT2D eigenvalue weighted by Gasteiger charge is 2.70. The minimum absolute atomic E-state index is 0.0820. The van der Waals surface area contributed by atoms with Gasteiger partial charge >= 0.3 is 0 Å². The highest BCUT2D eigenvalue weighted by Crippen LogP contribution is 2.59. The first-order valence-electron chi connectivity index (χ1n) is 13.2. The zero-order valence-corrected chi connectivity index (χ0v) is 22.6. The number of anilines is 2. The lowest BCUT2D eigenvalue weighted by Gasteiger charge is -2.39. The van der Waals surface area contributed by atoms with Crippen LogP contribution in [0.1, 0.15) is 38.1 Å². The van der Waals surface area contributed by atoms with Gasteiger partial charge in [-0.2, -0.15) is 0 Å². The van der Waals surface area contributed by atoms with Crippen LogP contribution < -0.4 is 10.2 Å². The molecule has 4 heterocycles. The first-order valence-corrected chi connectivity index (χ1v) is 14.1. The summed E-state index contributed by atoms with van der Waals surface area (Å²) in [6, 6.07) is 22.3. The van der Waals surface area contributed by atoms with E-state index in [9.17, 15) is 24.5 Å². The summed E-state index contributed by atoms with van der Waals surface area (Å²) in [5.41, 5.74) is 2.21. The fourth-order valence-electron chi connectivity index (χ4n) is 6.90. The minimum atomic E-state index is -1.47. The van der Waals surface area contributed by atoms with Gasteiger partial charge in [0.15, 0.2) is 11.6 Å². The van der Waals surface area contributed by atoms with Crippen LogP contribution in [0.2, 0.25) is 0 Å². The Hall–Kier alpha value is -4.89. The maximum Gasteiger partial charge on any atom is 0.270 e. The summed E-state index contributed by atoms with van der Waals surface area (Å²) in [6.07, 6.45) is 1.99. The van der Waals surface area contributed by atoms with Crippen LogP contribution in [0.4, 0.5) is 17.1 Å². The Kier molecular flexibility index (Phi) is 5.55. The number of thiophene rings is 1. The third-order valence-corrected chi connectivity index (χ3v) is 9.42. The number of Topliss-reactive ketones (excluding diaryl/α,β-unsaturated/α-hetero) is 2. The van der Waals surface area contributed by atoms with Gasteiger partial charge in [-0.3, -0.25) is 24.5 Å². The highest BCUT2D eigenvalue weighted by molar-refractivity contribution is 7.12. The number of nitro benzene ring substituents is 1. The Morgan fingerprint density at radius 1 is 0.976 bits per heavy atom. The molecule has 3 aliphatic heterocycles. The summed E-state index contributed by atoms with van der Waals surface area (Å²) in [4.78, 5) is 57.1. The third kappa shape index (κ3) is 3.42. The summed E-state index contributed by atoms with van der Waals surface area (Å²) in [5, 5.41) is 16.4. The van der Waals surface area contributed by atoms with E-state index in [4.69, 9.17) is 0 Å². The number of nitrogens with zero attached hydrogens (tertiary/aromatic N) is 2. The maximum absolute atomic E-state index is 14.8. The number of carbonyl (C=O) groups excluding carboxylic acids is 3. The lowest BCUT2D eigenvalue weighted by Crippen LogP contribution is -2.51. The van der Waals surface area contributed by atoms with Gasteiger partial charge in [0.1, 0.15) is 11.5 Å². The van der Waals surface area contributed by atoms with Crippen molar-refractivity contribution in [2.24, 2.45) is 5.92 Å². The van der Waals surface area contributed by atoms with E-state index in [2.05, 4.69) is 5.32 Å². The Bertz CT molecular complexity index is 1810. The van der Waals surface area contributed by atoms with Crippen molar-refractivity contribution in [3.05, 3.63) is 128 Å². The largest absolute Gasteiger partial charge is 0.352 e. The highest BCUT2D eigenvalue weighted by atomic mass is 32.1. The van der Waals surface area contributed by atoms with Crippen molar-refractivity contribution < 1.29 is 19.3 Å². The average Bonchev–Trinajstić information content (AvgIpc) is 3.70. The molecule has 4 atom stereocenters. The number of non-ortho nitro benzene ring substituents is 1. The summed E-state index contributed by atoms with van der Waals surface area (Å²) in [5.74, 6) is -2.32. The molecule has 41 heavy (non-hydrogen) atoms. The van der Waals surface area contributed by atoms with Crippen LogP contribution in [-0.4, -0.2) is 34.5 Å². The van der Waals surface area contributed by atoms with Crippen LogP contribution in [0.15, 0.2) is 96.4 Å². The predicted octanol–water partition coefficient (Wildman–Crippen LogP) is 5.90. The molecule has 0 unspecified atom stereocenters. The molecule has 9 heteroatoms. The van der Waals surface area contributed by atoms with E-state index in [1.807, 2.05) is 60.4 Å². The van der Waals surface area contributed by atoms with Crippen LogP contribution in [-0.2, 0) is 10.2 Å². The molecular formula is C32H23N3O5S. The third-order valence-electron chi connectivity index (χ3n) is 8.54. The first-order chi connectivity index (χ1) is 19.8. The molecule has 0 radical (unpaired) electrons. The molecule has 1 amide bonds. The molecule has 1 fully saturated rings. The number of para-hydroxylation sites is 2. The first kappa shape index (κ1) is 25.1. The van der Waals surface area contributed by atoms with Crippen molar-refractivity contribution in [2.75, 3.05) is 10.2 Å². The number of amides is 1. The van der Waals surface area contributed by atoms with Gasteiger partial charge in [-0.05, 0) is 41.6 Å². The van der Waals surface area contributed by atoms with Gasteiger partial charge in [-0.15, -0.1) is 11.3 Å². The van der Waals surface area contributed by atoms with Crippen molar-refractivity contribution in [3.63, 3.8) is 0 Å². The molecule has 4 aromatic rings. The summed E-state index contributed by atoms with van der Waals surface area (Å²) >= 11 is 1.28. The zero-order valence-electron chi connectivity index (χ0n) is 21.8. The van der Waals surface area contributed by atoms with E-state index in [0.29, 0.717) is 16.1 Å². The lowest BCUT2D eigenvalue weighted by molar-refractivity contribution is -0.384. The Labute approximate surface area is 239 Å². The van der Waals surface area contributed by atoms with Crippen LogP contribution in [0.25, 0.3) is 5.57 Å². The Morgan fingerprint density at radius 2 is 1.76 bits per heavy atom. The monoisotopic (exact) mass is 561 g/mol. The molecule has 202 valence electrons. The fraction of sp³-hybridized carbons (Fsp3) is 0.156. The number of rotatable bonds is 5. The second-order valence-corrected chi connectivity index (χ2v) is 11.5. The topological polar surface area (TPSA) is 110 Å². The number of carbonyl (C=O) groups is 3. The number of nitrogens with one attached hydrogen (secondary N) is 1. The van der Waals surface area contributed by atoms with Crippen molar-refractivity contribution in [2.45, 2.75) is 24.4 Å². The molecular weight excluding hydrogens is 538 g/mol. The standard InChI is InChI=1S/C32H23N3O5S/c1-18-16-26-32(22-11-3-4-12-23(22)33-31(32)38)27(29(36)19-8-6-9-20(17-19)35(39)40)28(30(37)25-14-7-15-41-25)34(26)24-13-5-2-10-21(18)24/h2-17,26-28H,1H3,(H,33,38)/t26-,27+,28-,32-/m0/s1. The molecule has 3 aliphatic rings. The maximum atomic E-state index is 14.8. The van der Waals surface area contributed by atoms with Gasteiger partial charge in [0.2, 0.25) is 5.91 Å². The van der Waals surface area contributed by atoms with Crippen molar-refractivity contribution in [3.8, 4) is 0 Å². The minimum Gasteiger partial charge on any atom is -0.352 e. The van der Waals surface area contributed by atoms with Gasteiger partial charge in [-0.1, -0.05) is 60.7 Å². The van der Waals surface area contributed by atoms with Gasteiger partial charge in [0.05, 0.1) is 21.8 Å². The number of benzene rings is 3. The number of hydrogen-bond donors (Lipinski definition) is 1. The van der Waals surface area contributed by atoms with Crippen LogP contribution in [0.3, 0.4) is 0 Å². The molecule has 8 nitrogen and oxygen atoms in total. The van der Waals surface area contributed by atoms with E-state index in [-0.39, 0.29) is 22.9 Å². The van der Waals surface area contributed by atoms with Gasteiger partial charge < -0.3 is 10.2 Å². The quantitative estimate of drug-likeness (QED) is 0.185. The van der Waals surface area contributed by atoms with Gasteiger partial charge in [0, 0.05) is 34.6 Å². The number of hydrogen-bond acceptors (Lipinski definition) is 7. The average molecular weight is 562 g/mol. The van der Waals surface area contributed by atoms with E-state index < -0.39 is 34.1 Å². The normalized spacial score (nSPS) is 23.8. The van der Waals surface area contributed by atoms with E-state index in [1.165, 1.54) is 35.6 Å². The Balaban J connectivity index is 1.55. The lowest BCUT2D eigenvalue weighted by atomic mass is 9.64. The zero-order chi connectivity index (χ0) is 28.5. The van der Waals surface area contributed by atoms with Crippen molar-refractivity contribution in [1.29, 1.82) is 0 Å². The van der Waals surface area contributed by atoms with E-state index in [1.54, 1.807) is 23.6 Å². The molecule has 0 aliphatic carbocycles. The van der Waals surface area contributed by atoms with Crippen LogP contribution in [0.5, 0.6) is 0 Å². The molecule has 1 aromatic heterocycles. The number of nitro groups is 1. The van der Waals surface area contributed by atoms with Gasteiger partial charge in [0.25, 0.3) is 5.69 Å². The number of fused-ring (bicyclic) bond motifs is 6. The second-order valence-electron chi connectivity index (χ2n) is 10.5. The number of ketones is 2. The summed E-state index contributed by atoms with van der Waals surface area (Å²) < 4.78 is 0. The molecule has 7 rings (SSSR count).